The van der Waals surface area contributed by atoms with Gasteiger partial charge in [0.25, 0.3) is 0 Å². The Balaban J connectivity index is 1.82. The fraction of sp³-hybridized carbons (Fsp3) is 0.632. The van der Waals surface area contributed by atoms with Crippen LogP contribution in [-0.4, -0.2) is 27.2 Å². The van der Waals surface area contributed by atoms with Gasteiger partial charge in [-0.1, -0.05) is 45.4 Å². The third-order valence-corrected chi connectivity index (χ3v) is 6.11. The van der Waals surface area contributed by atoms with Crippen molar-refractivity contribution in [2.75, 3.05) is 11.9 Å². The fourth-order valence-corrected chi connectivity index (χ4v) is 4.38. The van der Waals surface area contributed by atoms with Crippen LogP contribution in [0.4, 0.5) is 10.5 Å². The van der Waals surface area contributed by atoms with Crippen LogP contribution < -0.4 is 10.0 Å². The van der Waals surface area contributed by atoms with Crippen LogP contribution >= 0.6 is 0 Å². The van der Waals surface area contributed by atoms with Gasteiger partial charge in [-0.3, -0.25) is 5.32 Å². The SMILES string of the molecule is CCCCCCOC(=O)Nc1ccc(S(=O)(=O)NC2CCCCC2)cc1. The Morgan fingerprint density at radius 1 is 1.08 bits per heavy atom. The number of amides is 1. The summed E-state index contributed by atoms with van der Waals surface area (Å²) >= 11 is 0. The highest BCUT2D eigenvalue weighted by Gasteiger charge is 2.21. The number of carbonyl (C=O) groups is 1. The molecule has 1 amide bonds. The van der Waals surface area contributed by atoms with Crippen LogP contribution in [0.2, 0.25) is 0 Å². The molecule has 1 aliphatic carbocycles. The summed E-state index contributed by atoms with van der Waals surface area (Å²) < 4.78 is 32.8. The van der Waals surface area contributed by atoms with Gasteiger partial charge in [-0.05, 0) is 43.5 Å². The number of unbranched alkanes of at least 4 members (excludes halogenated alkanes) is 3. The Morgan fingerprint density at radius 3 is 2.42 bits per heavy atom. The van der Waals surface area contributed by atoms with E-state index in [4.69, 9.17) is 4.74 Å². The van der Waals surface area contributed by atoms with E-state index >= 15 is 0 Å². The molecule has 7 heteroatoms. The van der Waals surface area contributed by atoms with Crippen LogP contribution in [0.3, 0.4) is 0 Å². The number of ether oxygens (including phenoxy) is 1. The predicted octanol–water partition coefficient (Wildman–Crippen LogP) is 4.43. The van der Waals surface area contributed by atoms with Crippen LogP contribution in [0.25, 0.3) is 0 Å². The second-order valence-corrected chi connectivity index (χ2v) is 8.52. The van der Waals surface area contributed by atoms with Gasteiger partial charge in [-0.25, -0.2) is 17.9 Å². The zero-order valence-electron chi connectivity index (χ0n) is 15.5. The number of nitrogens with one attached hydrogen (secondary N) is 2. The van der Waals surface area contributed by atoms with E-state index in [1.807, 2.05) is 0 Å². The summed E-state index contributed by atoms with van der Waals surface area (Å²) in [6.07, 6.45) is 8.74. The summed E-state index contributed by atoms with van der Waals surface area (Å²) in [7, 11) is -3.52. The maximum Gasteiger partial charge on any atom is 0.411 e. The molecule has 0 spiro atoms. The highest BCUT2D eigenvalue weighted by atomic mass is 32.2. The number of sulfonamides is 1. The number of hydrogen-bond acceptors (Lipinski definition) is 4. The summed E-state index contributed by atoms with van der Waals surface area (Å²) in [6, 6.07) is 6.18. The average molecular weight is 383 g/mol. The molecule has 2 rings (SSSR count). The number of hydrogen-bond donors (Lipinski definition) is 2. The highest BCUT2D eigenvalue weighted by molar-refractivity contribution is 7.89. The molecule has 0 saturated heterocycles. The van der Waals surface area contributed by atoms with Crippen LogP contribution in [0.15, 0.2) is 29.2 Å². The summed E-state index contributed by atoms with van der Waals surface area (Å²) in [4.78, 5) is 11.9. The zero-order valence-corrected chi connectivity index (χ0v) is 16.3. The number of anilines is 1. The number of rotatable bonds is 9. The first-order valence-corrected chi connectivity index (χ1v) is 11.1. The standard InChI is InChI=1S/C19H30N2O4S/c1-2-3-4-8-15-25-19(22)20-16-11-13-18(14-12-16)26(23,24)21-17-9-6-5-7-10-17/h11-14,17,21H,2-10,15H2,1H3,(H,20,22). The molecule has 0 atom stereocenters. The summed E-state index contributed by atoms with van der Waals surface area (Å²) in [6.45, 7) is 2.52. The third-order valence-electron chi connectivity index (χ3n) is 4.57. The Morgan fingerprint density at radius 2 is 1.77 bits per heavy atom. The van der Waals surface area contributed by atoms with Crippen LogP contribution in [0.1, 0.15) is 64.7 Å². The van der Waals surface area contributed by atoms with Crippen molar-refractivity contribution < 1.29 is 17.9 Å². The fourth-order valence-electron chi connectivity index (χ4n) is 3.07. The smallest absolute Gasteiger partial charge is 0.411 e. The lowest BCUT2D eigenvalue weighted by molar-refractivity contribution is 0.159. The molecular formula is C19H30N2O4S. The molecule has 26 heavy (non-hydrogen) atoms. The first-order chi connectivity index (χ1) is 12.5. The van der Waals surface area contributed by atoms with Gasteiger partial charge in [-0.15, -0.1) is 0 Å². The molecule has 0 aromatic heterocycles. The van der Waals surface area contributed by atoms with Crippen LogP contribution in [-0.2, 0) is 14.8 Å². The van der Waals surface area contributed by atoms with Crippen molar-refractivity contribution in [2.24, 2.45) is 0 Å². The molecule has 0 aliphatic heterocycles. The molecule has 1 saturated carbocycles. The van der Waals surface area contributed by atoms with Gasteiger partial charge in [0, 0.05) is 11.7 Å². The average Bonchev–Trinajstić information content (AvgIpc) is 2.62. The molecule has 146 valence electrons. The second kappa shape index (κ2) is 10.5. The van der Waals surface area contributed by atoms with Crippen LogP contribution in [0, 0.1) is 0 Å². The van der Waals surface area contributed by atoms with E-state index in [9.17, 15) is 13.2 Å². The summed E-state index contributed by atoms with van der Waals surface area (Å²) in [5.74, 6) is 0. The van der Waals surface area contributed by atoms with E-state index in [0.29, 0.717) is 12.3 Å². The van der Waals surface area contributed by atoms with Crippen molar-refractivity contribution in [3.63, 3.8) is 0 Å². The van der Waals surface area contributed by atoms with E-state index < -0.39 is 16.1 Å². The van der Waals surface area contributed by atoms with Gasteiger partial charge in [0.15, 0.2) is 0 Å². The molecular weight excluding hydrogens is 352 g/mol. The predicted molar refractivity (Wildman–Crippen MR) is 103 cm³/mol. The lowest BCUT2D eigenvalue weighted by Crippen LogP contribution is -2.36. The molecule has 6 nitrogen and oxygen atoms in total. The molecule has 0 unspecified atom stereocenters. The van der Waals surface area contributed by atoms with Gasteiger partial charge < -0.3 is 4.74 Å². The van der Waals surface area contributed by atoms with Crippen molar-refractivity contribution in [3.05, 3.63) is 24.3 Å². The van der Waals surface area contributed by atoms with Crippen molar-refractivity contribution in [1.29, 1.82) is 0 Å². The molecule has 1 aliphatic rings. The van der Waals surface area contributed by atoms with Gasteiger partial charge in [0.2, 0.25) is 10.0 Å². The number of benzene rings is 1. The minimum Gasteiger partial charge on any atom is -0.449 e. The van der Waals surface area contributed by atoms with E-state index in [0.717, 1.165) is 51.4 Å². The minimum atomic E-state index is -3.52. The lowest BCUT2D eigenvalue weighted by Gasteiger charge is -2.22. The lowest BCUT2D eigenvalue weighted by atomic mass is 9.96. The van der Waals surface area contributed by atoms with E-state index in [1.54, 1.807) is 12.1 Å². The van der Waals surface area contributed by atoms with Crippen molar-refractivity contribution in [3.8, 4) is 0 Å². The maximum absolute atomic E-state index is 12.4. The van der Waals surface area contributed by atoms with Gasteiger partial charge >= 0.3 is 6.09 Å². The van der Waals surface area contributed by atoms with Crippen LogP contribution in [0.5, 0.6) is 0 Å². The Kier molecular flexibility index (Phi) is 8.38. The third kappa shape index (κ3) is 6.96. The van der Waals surface area contributed by atoms with Crippen molar-refractivity contribution in [2.45, 2.75) is 75.6 Å². The Bertz CT molecular complexity index is 653. The van der Waals surface area contributed by atoms with Crippen molar-refractivity contribution in [1.82, 2.24) is 4.72 Å². The molecule has 1 aromatic carbocycles. The molecule has 0 heterocycles. The Labute approximate surface area is 156 Å². The van der Waals surface area contributed by atoms with Gasteiger partial charge in [0.1, 0.15) is 0 Å². The monoisotopic (exact) mass is 382 g/mol. The van der Waals surface area contributed by atoms with E-state index in [-0.39, 0.29) is 10.9 Å². The molecule has 0 bridgehead atoms. The topological polar surface area (TPSA) is 84.5 Å². The maximum atomic E-state index is 12.4. The molecule has 1 fully saturated rings. The quantitative estimate of drug-likeness (QED) is 0.619. The van der Waals surface area contributed by atoms with Gasteiger partial charge in [0.05, 0.1) is 11.5 Å². The second-order valence-electron chi connectivity index (χ2n) is 6.80. The van der Waals surface area contributed by atoms with Crippen molar-refractivity contribution >= 4 is 21.8 Å². The Hall–Kier alpha value is -1.60. The molecule has 1 aromatic rings. The first-order valence-electron chi connectivity index (χ1n) is 9.57. The van der Waals surface area contributed by atoms with E-state index in [2.05, 4.69) is 17.0 Å². The minimum absolute atomic E-state index is 0.0224. The molecule has 2 N–H and O–H groups in total. The highest BCUT2D eigenvalue weighted by Crippen LogP contribution is 2.20. The van der Waals surface area contributed by atoms with E-state index in [1.165, 1.54) is 18.6 Å². The summed E-state index contributed by atoms with van der Waals surface area (Å²) in [5.41, 5.74) is 0.514. The zero-order chi connectivity index (χ0) is 18.8. The normalized spacial score (nSPS) is 15.6. The largest absolute Gasteiger partial charge is 0.449 e. The van der Waals surface area contributed by atoms with Gasteiger partial charge in [-0.2, -0.15) is 0 Å². The molecule has 0 radical (unpaired) electrons. The summed E-state index contributed by atoms with van der Waals surface area (Å²) in [5, 5.41) is 2.62. The first kappa shape index (κ1) is 20.7. The number of carbonyl (C=O) groups excluding carboxylic acids is 1.